The standard InChI is InChI=1S/C23H25N3O5/c1-2-3-12-26-22(30)18-9-8-16(14-19(18)23(26)31)21(29)25-11-5-10-24-20(28)15-6-4-7-17(27)13-15/h4,6-9,13-14,27H,2-3,5,10-12H2,1H3,(H,24,28)(H,25,29). The van der Waals surface area contributed by atoms with Crippen LogP contribution >= 0.6 is 0 Å². The maximum Gasteiger partial charge on any atom is 0.261 e. The fraction of sp³-hybridized carbons (Fsp3) is 0.304. The second-order valence-electron chi connectivity index (χ2n) is 7.29. The van der Waals surface area contributed by atoms with Crippen molar-refractivity contribution < 1.29 is 24.3 Å². The van der Waals surface area contributed by atoms with E-state index in [0.29, 0.717) is 42.7 Å². The number of hydrogen-bond acceptors (Lipinski definition) is 5. The molecule has 0 unspecified atom stereocenters. The minimum absolute atomic E-state index is 0.0166. The van der Waals surface area contributed by atoms with E-state index in [2.05, 4.69) is 10.6 Å². The molecule has 1 heterocycles. The molecule has 1 aliphatic heterocycles. The van der Waals surface area contributed by atoms with Crippen molar-refractivity contribution in [3.8, 4) is 5.75 Å². The smallest absolute Gasteiger partial charge is 0.261 e. The molecule has 8 heteroatoms. The average molecular weight is 423 g/mol. The van der Waals surface area contributed by atoms with Crippen molar-refractivity contribution in [1.29, 1.82) is 0 Å². The number of aromatic hydroxyl groups is 1. The van der Waals surface area contributed by atoms with Gasteiger partial charge in [-0.3, -0.25) is 24.1 Å². The Kier molecular flexibility index (Phi) is 7.02. The third-order valence-corrected chi connectivity index (χ3v) is 5.00. The summed E-state index contributed by atoms with van der Waals surface area (Å²) in [5.74, 6) is -1.32. The van der Waals surface area contributed by atoms with Gasteiger partial charge in [0.15, 0.2) is 0 Å². The van der Waals surface area contributed by atoms with Gasteiger partial charge in [0.1, 0.15) is 5.75 Å². The fourth-order valence-electron chi connectivity index (χ4n) is 3.29. The number of phenols is 1. The molecule has 0 saturated heterocycles. The van der Waals surface area contributed by atoms with Gasteiger partial charge in [0, 0.05) is 30.8 Å². The van der Waals surface area contributed by atoms with Crippen LogP contribution < -0.4 is 10.6 Å². The molecule has 0 saturated carbocycles. The number of imide groups is 1. The number of phenolic OH excluding ortho intramolecular Hbond substituents is 1. The maximum atomic E-state index is 12.5. The zero-order chi connectivity index (χ0) is 22.4. The third kappa shape index (κ3) is 5.09. The summed E-state index contributed by atoms with van der Waals surface area (Å²) in [6.45, 7) is 3.03. The van der Waals surface area contributed by atoms with Crippen LogP contribution in [0.5, 0.6) is 5.75 Å². The number of carbonyl (C=O) groups excluding carboxylic acids is 4. The summed E-state index contributed by atoms with van der Waals surface area (Å²) in [4.78, 5) is 50.5. The number of nitrogens with zero attached hydrogens (tertiary/aromatic N) is 1. The Morgan fingerprint density at radius 3 is 2.16 bits per heavy atom. The number of benzene rings is 2. The lowest BCUT2D eigenvalue weighted by molar-refractivity contribution is 0.0651. The topological polar surface area (TPSA) is 116 Å². The first-order chi connectivity index (χ1) is 14.9. The van der Waals surface area contributed by atoms with Crippen LogP contribution in [-0.4, -0.2) is 53.3 Å². The summed E-state index contributed by atoms with van der Waals surface area (Å²) in [5, 5.41) is 14.9. The number of unbranched alkanes of at least 4 members (excludes halogenated alkanes) is 1. The highest BCUT2D eigenvalue weighted by molar-refractivity contribution is 6.22. The van der Waals surface area contributed by atoms with Gasteiger partial charge in [0.05, 0.1) is 11.1 Å². The molecule has 162 valence electrons. The highest BCUT2D eigenvalue weighted by Crippen LogP contribution is 2.24. The van der Waals surface area contributed by atoms with Gasteiger partial charge in [-0.25, -0.2) is 0 Å². The predicted molar refractivity (Wildman–Crippen MR) is 114 cm³/mol. The lowest BCUT2D eigenvalue weighted by atomic mass is 10.1. The Morgan fingerprint density at radius 1 is 0.871 bits per heavy atom. The van der Waals surface area contributed by atoms with Crippen LogP contribution in [0.2, 0.25) is 0 Å². The molecule has 0 atom stereocenters. The van der Waals surface area contributed by atoms with E-state index in [1.54, 1.807) is 12.1 Å². The molecule has 0 spiro atoms. The Morgan fingerprint density at radius 2 is 1.52 bits per heavy atom. The normalized spacial score (nSPS) is 12.6. The van der Waals surface area contributed by atoms with E-state index in [4.69, 9.17) is 0 Å². The number of nitrogens with one attached hydrogen (secondary N) is 2. The quantitative estimate of drug-likeness (QED) is 0.423. The fourth-order valence-corrected chi connectivity index (χ4v) is 3.29. The van der Waals surface area contributed by atoms with Crippen molar-refractivity contribution >= 4 is 23.6 Å². The van der Waals surface area contributed by atoms with E-state index in [0.717, 1.165) is 12.8 Å². The first-order valence-corrected chi connectivity index (χ1v) is 10.3. The van der Waals surface area contributed by atoms with Gasteiger partial charge >= 0.3 is 0 Å². The van der Waals surface area contributed by atoms with Crippen molar-refractivity contribution in [3.05, 3.63) is 64.7 Å². The van der Waals surface area contributed by atoms with Crippen LogP contribution in [0, 0.1) is 0 Å². The molecular weight excluding hydrogens is 398 g/mol. The molecule has 4 amide bonds. The van der Waals surface area contributed by atoms with Gasteiger partial charge in [-0.1, -0.05) is 19.4 Å². The van der Waals surface area contributed by atoms with Crippen LogP contribution in [-0.2, 0) is 0 Å². The van der Waals surface area contributed by atoms with Gasteiger partial charge in [-0.05, 0) is 49.2 Å². The second-order valence-corrected chi connectivity index (χ2v) is 7.29. The Bertz CT molecular complexity index is 1020. The van der Waals surface area contributed by atoms with Gasteiger partial charge < -0.3 is 15.7 Å². The van der Waals surface area contributed by atoms with Gasteiger partial charge in [-0.2, -0.15) is 0 Å². The third-order valence-electron chi connectivity index (χ3n) is 5.00. The summed E-state index contributed by atoms with van der Waals surface area (Å²) < 4.78 is 0. The minimum Gasteiger partial charge on any atom is -0.508 e. The van der Waals surface area contributed by atoms with E-state index >= 15 is 0 Å². The highest BCUT2D eigenvalue weighted by atomic mass is 16.3. The molecular formula is C23H25N3O5. The molecule has 2 aromatic rings. The summed E-state index contributed by atoms with van der Waals surface area (Å²) >= 11 is 0. The molecule has 2 aromatic carbocycles. The Hall–Kier alpha value is -3.68. The zero-order valence-electron chi connectivity index (χ0n) is 17.3. The summed E-state index contributed by atoms with van der Waals surface area (Å²) in [7, 11) is 0. The molecule has 0 aliphatic carbocycles. The van der Waals surface area contributed by atoms with Gasteiger partial charge in [-0.15, -0.1) is 0 Å². The lowest BCUT2D eigenvalue weighted by Gasteiger charge is -2.12. The molecule has 8 nitrogen and oxygen atoms in total. The number of amides is 4. The first-order valence-electron chi connectivity index (χ1n) is 10.3. The molecule has 0 radical (unpaired) electrons. The van der Waals surface area contributed by atoms with E-state index in [1.807, 2.05) is 6.92 Å². The van der Waals surface area contributed by atoms with E-state index in [-0.39, 0.29) is 34.9 Å². The van der Waals surface area contributed by atoms with Crippen LogP contribution in [0.3, 0.4) is 0 Å². The van der Waals surface area contributed by atoms with Crippen molar-refractivity contribution in [2.24, 2.45) is 0 Å². The van der Waals surface area contributed by atoms with Crippen LogP contribution in [0.4, 0.5) is 0 Å². The van der Waals surface area contributed by atoms with Crippen LogP contribution in [0.25, 0.3) is 0 Å². The molecule has 31 heavy (non-hydrogen) atoms. The summed E-state index contributed by atoms with van der Waals surface area (Å²) in [6, 6.07) is 10.6. The molecule has 3 rings (SSSR count). The molecule has 0 aromatic heterocycles. The molecule has 1 aliphatic rings. The van der Waals surface area contributed by atoms with Crippen molar-refractivity contribution in [2.75, 3.05) is 19.6 Å². The number of rotatable bonds is 9. The zero-order valence-corrected chi connectivity index (χ0v) is 17.3. The van der Waals surface area contributed by atoms with E-state index in [9.17, 15) is 24.3 Å². The van der Waals surface area contributed by atoms with E-state index in [1.165, 1.54) is 35.2 Å². The monoisotopic (exact) mass is 423 g/mol. The number of hydrogen-bond donors (Lipinski definition) is 3. The second kappa shape index (κ2) is 9.88. The largest absolute Gasteiger partial charge is 0.508 e. The van der Waals surface area contributed by atoms with Gasteiger partial charge in [0.25, 0.3) is 23.6 Å². The number of carbonyl (C=O) groups is 4. The summed E-state index contributed by atoms with van der Waals surface area (Å²) in [6.07, 6.45) is 2.11. The van der Waals surface area contributed by atoms with Crippen molar-refractivity contribution in [3.63, 3.8) is 0 Å². The van der Waals surface area contributed by atoms with Crippen LogP contribution in [0.1, 0.15) is 67.6 Å². The SMILES string of the molecule is CCCCN1C(=O)c2ccc(C(=O)NCCCNC(=O)c3cccc(O)c3)cc2C1=O. The van der Waals surface area contributed by atoms with Gasteiger partial charge in [0.2, 0.25) is 0 Å². The molecule has 0 bridgehead atoms. The van der Waals surface area contributed by atoms with Crippen molar-refractivity contribution in [2.45, 2.75) is 26.2 Å². The predicted octanol–water partition coefficient (Wildman–Crippen LogP) is 2.34. The minimum atomic E-state index is -0.363. The number of fused-ring (bicyclic) bond motifs is 1. The lowest BCUT2D eigenvalue weighted by Crippen LogP contribution is -2.30. The maximum absolute atomic E-state index is 12.5. The van der Waals surface area contributed by atoms with E-state index < -0.39 is 0 Å². The first kappa shape index (κ1) is 22.0. The summed E-state index contributed by atoms with van der Waals surface area (Å²) in [5.41, 5.74) is 1.25. The molecule has 3 N–H and O–H groups in total. The molecule has 0 fully saturated rings. The Balaban J connectivity index is 1.49. The van der Waals surface area contributed by atoms with Crippen LogP contribution in [0.15, 0.2) is 42.5 Å². The van der Waals surface area contributed by atoms with Crippen molar-refractivity contribution in [1.82, 2.24) is 15.5 Å². The highest BCUT2D eigenvalue weighted by Gasteiger charge is 2.35. The Labute approximate surface area is 180 Å². The average Bonchev–Trinajstić information content (AvgIpc) is 3.01.